The first kappa shape index (κ1) is 28.6. The normalized spacial score (nSPS) is 21.5. The summed E-state index contributed by atoms with van der Waals surface area (Å²) in [6.07, 6.45) is 2.61. The number of benzene rings is 3. The van der Waals surface area contributed by atoms with Crippen molar-refractivity contribution in [2.45, 2.75) is 56.2 Å². The van der Waals surface area contributed by atoms with E-state index in [0.29, 0.717) is 32.2 Å². The molecule has 3 aromatic carbocycles. The van der Waals surface area contributed by atoms with Crippen molar-refractivity contribution in [3.63, 3.8) is 0 Å². The fraction of sp³-hybridized carbons (Fsp3) is 0.364. The van der Waals surface area contributed by atoms with Gasteiger partial charge in [0.25, 0.3) is 0 Å². The summed E-state index contributed by atoms with van der Waals surface area (Å²) in [6, 6.07) is 23.0. The van der Waals surface area contributed by atoms with E-state index < -0.39 is 10.0 Å². The molecule has 1 amide bonds. The molecule has 1 aromatic heterocycles. The number of hydrogen-bond donors (Lipinski definition) is 4. The van der Waals surface area contributed by atoms with E-state index in [1.165, 1.54) is 0 Å². The van der Waals surface area contributed by atoms with Crippen LogP contribution < -0.4 is 10.0 Å². The molecule has 8 nitrogen and oxygen atoms in total. The summed E-state index contributed by atoms with van der Waals surface area (Å²) in [7, 11) is -3.73. The number of carbonyl (C=O) groups excluding carboxylic acids is 1. The van der Waals surface area contributed by atoms with Gasteiger partial charge in [0.1, 0.15) is 0 Å². The third kappa shape index (κ3) is 5.87. The third-order valence-corrected chi connectivity index (χ3v) is 10.3. The highest BCUT2D eigenvalue weighted by Gasteiger charge is 2.35. The van der Waals surface area contributed by atoms with Crippen molar-refractivity contribution in [1.82, 2.24) is 19.9 Å². The molecule has 2 heterocycles. The molecule has 42 heavy (non-hydrogen) atoms. The first-order chi connectivity index (χ1) is 20.3. The van der Waals surface area contributed by atoms with Crippen molar-refractivity contribution in [2.75, 3.05) is 19.6 Å². The van der Waals surface area contributed by atoms with Crippen LogP contribution in [0, 0.1) is 12.8 Å². The summed E-state index contributed by atoms with van der Waals surface area (Å²) in [5, 5.41) is 13.8. The molecule has 1 saturated heterocycles. The monoisotopic (exact) mass is 586 g/mol. The summed E-state index contributed by atoms with van der Waals surface area (Å²) in [4.78, 5) is 19.2. The number of aryl methyl sites for hydroxylation is 1. The molecule has 1 atom stereocenters. The number of carbonyl (C=O) groups is 1. The fourth-order valence-corrected chi connectivity index (χ4v) is 7.80. The van der Waals surface area contributed by atoms with Gasteiger partial charge in [-0.05, 0) is 67.5 Å². The van der Waals surface area contributed by atoms with Gasteiger partial charge in [0.15, 0.2) is 0 Å². The van der Waals surface area contributed by atoms with Crippen molar-refractivity contribution in [3.05, 3.63) is 89.5 Å². The minimum absolute atomic E-state index is 0.00905. The minimum atomic E-state index is -3.73. The number of aliphatic hydroxyl groups is 1. The van der Waals surface area contributed by atoms with Gasteiger partial charge in [-0.2, -0.15) is 0 Å². The van der Waals surface area contributed by atoms with Gasteiger partial charge in [-0.3, -0.25) is 4.79 Å². The first-order valence-corrected chi connectivity index (χ1v) is 16.2. The highest BCUT2D eigenvalue weighted by atomic mass is 32.2. The second-order valence-corrected chi connectivity index (χ2v) is 13.3. The Morgan fingerprint density at radius 1 is 1.00 bits per heavy atom. The van der Waals surface area contributed by atoms with E-state index in [2.05, 4.69) is 27.2 Å². The largest absolute Gasteiger partial charge is 0.392 e. The molecular formula is C33H38N4O4S. The quantitative estimate of drug-likeness (QED) is 0.252. The summed E-state index contributed by atoms with van der Waals surface area (Å²) in [5.74, 6) is 0.0968. The van der Waals surface area contributed by atoms with E-state index in [1.54, 1.807) is 12.1 Å². The molecule has 220 valence electrons. The van der Waals surface area contributed by atoms with Gasteiger partial charge in [0, 0.05) is 53.8 Å². The average molecular weight is 587 g/mol. The number of sulfonamides is 1. The Kier molecular flexibility index (Phi) is 8.18. The maximum Gasteiger partial charge on any atom is 0.240 e. The van der Waals surface area contributed by atoms with Crippen molar-refractivity contribution < 1.29 is 18.3 Å². The topological polar surface area (TPSA) is 115 Å². The van der Waals surface area contributed by atoms with Gasteiger partial charge in [0.05, 0.1) is 17.5 Å². The smallest absolute Gasteiger partial charge is 0.240 e. The molecule has 6 rings (SSSR count). The van der Waals surface area contributed by atoms with Crippen molar-refractivity contribution in [3.8, 4) is 11.3 Å². The van der Waals surface area contributed by atoms with Crippen molar-refractivity contribution >= 4 is 26.8 Å². The lowest BCUT2D eigenvalue weighted by Crippen LogP contribution is -2.51. The van der Waals surface area contributed by atoms with Crippen molar-refractivity contribution in [1.29, 1.82) is 0 Å². The standard InChI is InChI=1S/C33H38N4O4S/c1-22-17-23(21-38)7-14-29(22)31-18-26-10-13-28(19-30(26)35-31)42(40,41)36-27-11-8-25(9-12-27)33(39)37-16-15-34-20-32(37)24-5-3-2-4-6-24/h2-7,10,13-14,17-19,25,27,32,34-36,38H,8-9,11-12,15-16,20-21H2,1H3. The molecule has 2 fully saturated rings. The van der Waals surface area contributed by atoms with E-state index in [4.69, 9.17) is 0 Å². The maximum atomic E-state index is 13.6. The predicted octanol–water partition coefficient (Wildman–Crippen LogP) is 4.65. The summed E-state index contributed by atoms with van der Waals surface area (Å²) in [5.41, 5.74) is 5.68. The Labute approximate surface area is 247 Å². The number of aliphatic hydroxyl groups excluding tert-OH is 1. The van der Waals surface area contributed by atoms with Crippen LogP contribution in [0.5, 0.6) is 0 Å². The molecule has 0 radical (unpaired) electrons. The van der Waals surface area contributed by atoms with Crippen LogP contribution in [0.15, 0.2) is 77.7 Å². The molecule has 1 unspecified atom stereocenters. The Morgan fingerprint density at radius 2 is 1.79 bits per heavy atom. The van der Waals surface area contributed by atoms with Gasteiger partial charge >= 0.3 is 0 Å². The van der Waals surface area contributed by atoms with Crippen LogP contribution in [0.3, 0.4) is 0 Å². The highest BCUT2D eigenvalue weighted by molar-refractivity contribution is 7.89. The summed E-state index contributed by atoms with van der Waals surface area (Å²) < 4.78 is 29.7. The Balaban J connectivity index is 1.11. The highest BCUT2D eigenvalue weighted by Crippen LogP contribution is 2.32. The van der Waals surface area contributed by atoms with Gasteiger partial charge < -0.3 is 20.3 Å². The van der Waals surface area contributed by atoms with Crippen LogP contribution in [0.2, 0.25) is 0 Å². The molecule has 2 aliphatic rings. The van der Waals surface area contributed by atoms with Crippen LogP contribution in [0.25, 0.3) is 22.2 Å². The zero-order valence-corrected chi connectivity index (χ0v) is 24.7. The molecule has 1 saturated carbocycles. The Morgan fingerprint density at radius 3 is 2.52 bits per heavy atom. The van der Waals surface area contributed by atoms with Gasteiger partial charge in [-0.25, -0.2) is 13.1 Å². The van der Waals surface area contributed by atoms with Gasteiger partial charge in [-0.1, -0.05) is 54.6 Å². The number of hydrogen-bond acceptors (Lipinski definition) is 5. The second kappa shape index (κ2) is 12.0. The van der Waals surface area contributed by atoms with E-state index in [0.717, 1.165) is 51.9 Å². The van der Waals surface area contributed by atoms with E-state index in [1.807, 2.05) is 60.4 Å². The average Bonchev–Trinajstić information content (AvgIpc) is 3.44. The van der Waals surface area contributed by atoms with Crippen LogP contribution in [-0.2, 0) is 21.4 Å². The molecule has 1 aliphatic carbocycles. The molecule has 1 aliphatic heterocycles. The number of rotatable bonds is 7. The lowest BCUT2D eigenvalue weighted by molar-refractivity contribution is -0.140. The number of H-pyrrole nitrogens is 1. The zero-order valence-electron chi connectivity index (χ0n) is 23.8. The summed E-state index contributed by atoms with van der Waals surface area (Å²) in [6.45, 7) is 4.19. The number of amides is 1. The number of fused-ring (bicyclic) bond motifs is 1. The lowest BCUT2D eigenvalue weighted by Gasteiger charge is -2.40. The zero-order chi connectivity index (χ0) is 29.3. The number of nitrogens with one attached hydrogen (secondary N) is 3. The first-order valence-electron chi connectivity index (χ1n) is 14.7. The molecule has 4 N–H and O–H groups in total. The fourth-order valence-electron chi connectivity index (χ4n) is 6.47. The second-order valence-electron chi connectivity index (χ2n) is 11.6. The van der Waals surface area contributed by atoms with Crippen LogP contribution >= 0.6 is 0 Å². The molecule has 0 bridgehead atoms. The molecule has 9 heteroatoms. The van der Waals surface area contributed by atoms with Crippen LogP contribution in [0.1, 0.15) is 48.4 Å². The molecular weight excluding hydrogens is 548 g/mol. The lowest BCUT2D eigenvalue weighted by atomic mass is 9.85. The van der Waals surface area contributed by atoms with Crippen molar-refractivity contribution in [2.24, 2.45) is 5.92 Å². The Hall–Kier alpha value is -3.50. The number of nitrogens with zero attached hydrogens (tertiary/aromatic N) is 1. The molecule has 0 spiro atoms. The minimum Gasteiger partial charge on any atom is -0.392 e. The maximum absolute atomic E-state index is 13.6. The predicted molar refractivity (Wildman–Crippen MR) is 164 cm³/mol. The number of piperazine rings is 1. The SMILES string of the molecule is Cc1cc(CO)ccc1-c1cc2ccc(S(=O)(=O)NC3CCC(C(=O)N4CCNCC4c4ccccc4)CC3)cc2[nH]1. The van der Waals surface area contributed by atoms with E-state index >= 15 is 0 Å². The molecule has 4 aromatic rings. The van der Waals surface area contributed by atoms with E-state index in [-0.39, 0.29) is 35.4 Å². The third-order valence-electron chi connectivity index (χ3n) is 8.78. The van der Waals surface area contributed by atoms with Gasteiger partial charge in [0.2, 0.25) is 15.9 Å². The van der Waals surface area contributed by atoms with Crippen LogP contribution in [0.4, 0.5) is 0 Å². The van der Waals surface area contributed by atoms with Crippen LogP contribution in [-0.4, -0.2) is 55.0 Å². The number of aromatic nitrogens is 1. The number of aromatic amines is 1. The van der Waals surface area contributed by atoms with E-state index in [9.17, 15) is 18.3 Å². The summed E-state index contributed by atoms with van der Waals surface area (Å²) >= 11 is 0. The Bertz CT molecular complexity index is 1680. The van der Waals surface area contributed by atoms with Gasteiger partial charge in [-0.15, -0.1) is 0 Å².